The van der Waals surface area contributed by atoms with E-state index in [1.165, 1.54) is 32.9 Å². The van der Waals surface area contributed by atoms with Gasteiger partial charge in [-0.2, -0.15) is 0 Å². The molecule has 0 amide bonds. The van der Waals surface area contributed by atoms with Crippen molar-refractivity contribution < 1.29 is 4.42 Å². The van der Waals surface area contributed by atoms with Crippen LogP contribution < -0.4 is 0 Å². The lowest BCUT2D eigenvalue weighted by molar-refractivity contribution is 0.670. The third kappa shape index (κ3) is 4.56. The van der Waals surface area contributed by atoms with Gasteiger partial charge in [-0.3, -0.25) is 0 Å². The lowest BCUT2D eigenvalue weighted by atomic mass is 9.95. The third-order valence-electron chi connectivity index (χ3n) is 9.82. The zero-order chi connectivity index (χ0) is 33.0. The van der Waals surface area contributed by atoms with Crippen LogP contribution in [-0.2, 0) is 0 Å². The van der Waals surface area contributed by atoms with Crippen molar-refractivity contribution >= 4 is 43.7 Å². The minimum absolute atomic E-state index is 0.850. The van der Waals surface area contributed by atoms with Gasteiger partial charge in [-0.15, -0.1) is 0 Å². The highest BCUT2D eigenvalue weighted by molar-refractivity contribution is 6.16. The van der Waals surface area contributed by atoms with Crippen LogP contribution in [0.25, 0.3) is 94.2 Å². The van der Waals surface area contributed by atoms with Crippen molar-refractivity contribution in [3.63, 3.8) is 0 Å². The maximum absolute atomic E-state index is 6.53. The van der Waals surface area contributed by atoms with Gasteiger partial charge in [0.1, 0.15) is 11.2 Å². The standard InChI is InChI=1S/C47H30N2O/c1-3-13-31(14-4-1)32-25-27-33(28-26-32)41-29-34(30-42(48-41)39-21-11-20-38-37-17-8-10-24-45(37)50-47(38)39)36-19-12-23-44-46(36)40-18-7-9-22-43(40)49(44)35-15-5-2-6-16-35/h1-30H. The molecule has 0 aliphatic rings. The Morgan fingerprint density at radius 3 is 1.84 bits per heavy atom. The molecule has 0 atom stereocenters. The molecule has 0 aliphatic carbocycles. The van der Waals surface area contributed by atoms with Crippen LogP contribution in [0.15, 0.2) is 186 Å². The van der Waals surface area contributed by atoms with E-state index in [9.17, 15) is 0 Å². The topological polar surface area (TPSA) is 31.0 Å². The number of nitrogens with zero attached hydrogens (tertiary/aromatic N) is 2. The quantitative estimate of drug-likeness (QED) is 0.188. The number of fused-ring (bicyclic) bond motifs is 6. The minimum Gasteiger partial charge on any atom is -0.455 e. The largest absolute Gasteiger partial charge is 0.455 e. The average Bonchev–Trinajstić information content (AvgIpc) is 3.75. The molecule has 234 valence electrons. The Balaban J connectivity index is 1.23. The van der Waals surface area contributed by atoms with Crippen molar-refractivity contribution in [3.05, 3.63) is 182 Å². The second-order valence-corrected chi connectivity index (χ2v) is 12.7. The molecule has 0 spiro atoms. The zero-order valence-corrected chi connectivity index (χ0v) is 27.1. The summed E-state index contributed by atoms with van der Waals surface area (Å²) in [6.07, 6.45) is 0. The fourth-order valence-corrected chi connectivity index (χ4v) is 7.50. The predicted molar refractivity (Wildman–Crippen MR) is 208 cm³/mol. The first-order valence-corrected chi connectivity index (χ1v) is 17.0. The summed E-state index contributed by atoms with van der Waals surface area (Å²) in [5, 5.41) is 4.63. The van der Waals surface area contributed by atoms with E-state index in [4.69, 9.17) is 9.40 Å². The molecule has 0 unspecified atom stereocenters. The van der Waals surface area contributed by atoms with E-state index in [1.807, 2.05) is 12.1 Å². The Morgan fingerprint density at radius 2 is 1.00 bits per heavy atom. The molecule has 0 fully saturated rings. The van der Waals surface area contributed by atoms with Gasteiger partial charge in [0.05, 0.1) is 22.4 Å². The summed E-state index contributed by atoms with van der Waals surface area (Å²) >= 11 is 0. The zero-order valence-electron chi connectivity index (χ0n) is 27.1. The fraction of sp³-hybridized carbons (Fsp3) is 0. The molecule has 3 nitrogen and oxygen atoms in total. The maximum atomic E-state index is 6.53. The first-order valence-electron chi connectivity index (χ1n) is 17.0. The van der Waals surface area contributed by atoms with Crippen LogP contribution in [0, 0.1) is 0 Å². The normalized spacial score (nSPS) is 11.6. The molecule has 0 radical (unpaired) electrons. The Labute approximate surface area is 289 Å². The van der Waals surface area contributed by atoms with E-state index in [1.54, 1.807) is 0 Å². The number of aromatic nitrogens is 2. The van der Waals surface area contributed by atoms with Gasteiger partial charge in [-0.05, 0) is 70.8 Å². The highest BCUT2D eigenvalue weighted by Crippen LogP contribution is 2.42. The van der Waals surface area contributed by atoms with Crippen LogP contribution >= 0.6 is 0 Å². The van der Waals surface area contributed by atoms with Crippen molar-refractivity contribution in [1.82, 2.24) is 9.55 Å². The molecule has 0 N–H and O–H groups in total. The summed E-state index contributed by atoms with van der Waals surface area (Å²) in [7, 11) is 0. The van der Waals surface area contributed by atoms with Crippen LogP contribution in [0.3, 0.4) is 0 Å². The predicted octanol–water partition coefficient (Wildman–Crippen LogP) is 12.7. The molecular formula is C47H30N2O. The first kappa shape index (κ1) is 28.3. The van der Waals surface area contributed by atoms with E-state index >= 15 is 0 Å². The van der Waals surface area contributed by atoms with E-state index in [0.29, 0.717) is 0 Å². The Bertz CT molecular complexity index is 2850. The van der Waals surface area contributed by atoms with Crippen LogP contribution in [0.2, 0.25) is 0 Å². The SMILES string of the molecule is c1ccc(-c2ccc(-c3cc(-c4cccc5c4c4ccccc4n5-c4ccccc4)cc(-c4cccc5c4oc4ccccc45)n3)cc2)cc1. The molecule has 10 rings (SSSR count). The van der Waals surface area contributed by atoms with Crippen LogP contribution in [-0.4, -0.2) is 9.55 Å². The second-order valence-electron chi connectivity index (χ2n) is 12.7. The summed E-state index contributed by atoms with van der Waals surface area (Å²) in [5.74, 6) is 0. The molecule has 0 saturated carbocycles. The first-order chi connectivity index (χ1) is 24.8. The number of rotatable bonds is 5. The molecule has 0 bridgehead atoms. The van der Waals surface area contributed by atoms with Gasteiger partial charge in [-0.25, -0.2) is 4.98 Å². The van der Waals surface area contributed by atoms with Gasteiger partial charge < -0.3 is 8.98 Å². The van der Waals surface area contributed by atoms with Crippen LogP contribution in [0.4, 0.5) is 0 Å². The van der Waals surface area contributed by atoms with Crippen molar-refractivity contribution in [2.24, 2.45) is 0 Å². The van der Waals surface area contributed by atoms with Crippen molar-refractivity contribution in [2.75, 3.05) is 0 Å². The number of furan rings is 1. The second kappa shape index (κ2) is 11.5. The summed E-state index contributed by atoms with van der Waals surface area (Å²) in [6.45, 7) is 0. The molecule has 50 heavy (non-hydrogen) atoms. The smallest absolute Gasteiger partial charge is 0.144 e. The fourth-order valence-electron chi connectivity index (χ4n) is 7.50. The monoisotopic (exact) mass is 638 g/mol. The lowest BCUT2D eigenvalue weighted by Gasteiger charge is -2.13. The van der Waals surface area contributed by atoms with E-state index < -0.39 is 0 Å². The number of hydrogen-bond donors (Lipinski definition) is 0. The molecular weight excluding hydrogens is 609 g/mol. The molecule has 10 aromatic rings. The van der Waals surface area contributed by atoms with Gasteiger partial charge in [0.15, 0.2) is 0 Å². The van der Waals surface area contributed by atoms with Gasteiger partial charge in [0, 0.05) is 38.4 Å². The molecule has 3 aromatic heterocycles. The lowest BCUT2D eigenvalue weighted by Crippen LogP contribution is -1.94. The Morgan fingerprint density at radius 1 is 0.400 bits per heavy atom. The number of benzene rings is 7. The number of para-hydroxylation sites is 4. The number of hydrogen-bond acceptors (Lipinski definition) is 2. The Hall–Kier alpha value is -6.71. The van der Waals surface area contributed by atoms with E-state index in [0.717, 1.165) is 61.3 Å². The van der Waals surface area contributed by atoms with E-state index in [2.05, 4.69) is 174 Å². The summed E-state index contributed by atoms with van der Waals surface area (Å²) in [5.41, 5.74) is 13.7. The van der Waals surface area contributed by atoms with E-state index in [-0.39, 0.29) is 0 Å². The van der Waals surface area contributed by atoms with Crippen molar-refractivity contribution in [3.8, 4) is 50.5 Å². The van der Waals surface area contributed by atoms with Gasteiger partial charge in [0.25, 0.3) is 0 Å². The highest BCUT2D eigenvalue weighted by atomic mass is 16.3. The summed E-state index contributed by atoms with van der Waals surface area (Å²) < 4.78 is 8.90. The van der Waals surface area contributed by atoms with Crippen molar-refractivity contribution in [2.45, 2.75) is 0 Å². The molecule has 0 saturated heterocycles. The summed E-state index contributed by atoms with van der Waals surface area (Å²) in [6, 6.07) is 64.3. The molecule has 7 aromatic carbocycles. The molecule has 0 aliphatic heterocycles. The number of pyridine rings is 1. The van der Waals surface area contributed by atoms with Gasteiger partial charge >= 0.3 is 0 Å². The molecule has 3 heteroatoms. The van der Waals surface area contributed by atoms with Gasteiger partial charge in [-0.1, -0.05) is 133 Å². The minimum atomic E-state index is 0.850. The average molecular weight is 639 g/mol. The highest BCUT2D eigenvalue weighted by Gasteiger charge is 2.19. The Kier molecular flexibility index (Phi) is 6.49. The molecule has 3 heterocycles. The maximum Gasteiger partial charge on any atom is 0.144 e. The van der Waals surface area contributed by atoms with Crippen LogP contribution in [0.1, 0.15) is 0 Å². The third-order valence-corrected chi connectivity index (χ3v) is 9.82. The van der Waals surface area contributed by atoms with Gasteiger partial charge in [0.2, 0.25) is 0 Å². The summed E-state index contributed by atoms with van der Waals surface area (Å²) in [4.78, 5) is 5.35. The van der Waals surface area contributed by atoms with Crippen LogP contribution in [0.5, 0.6) is 0 Å². The van der Waals surface area contributed by atoms with Crippen molar-refractivity contribution in [1.29, 1.82) is 0 Å².